The minimum atomic E-state index is -1.35. The predicted molar refractivity (Wildman–Crippen MR) is 100 cm³/mol. The van der Waals surface area contributed by atoms with Crippen LogP contribution in [-0.4, -0.2) is 32.1 Å². The van der Waals surface area contributed by atoms with Gasteiger partial charge in [-0.25, -0.2) is 4.79 Å². The van der Waals surface area contributed by atoms with E-state index in [-0.39, 0.29) is 18.4 Å². The maximum Gasteiger partial charge on any atom is 0.340 e. The van der Waals surface area contributed by atoms with Crippen molar-refractivity contribution in [2.45, 2.75) is 45.6 Å². The Kier molecular flexibility index (Phi) is 7.03. The molecule has 0 aliphatic rings. The number of aryl methyl sites for hydroxylation is 1. The van der Waals surface area contributed by atoms with E-state index in [1.54, 1.807) is 19.1 Å². The molecule has 2 rings (SSSR count). The van der Waals surface area contributed by atoms with E-state index < -0.39 is 23.5 Å². The van der Waals surface area contributed by atoms with Gasteiger partial charge in [0.25, 0.3) is 0 Å². The first-order chi connectivity index (χ1) is 13.3. The second kappa shape index (κ2) is 9.25. The molecule has 152 valence electrons. The molecule has 0 aliphatic heterocycles. The van der Waals surface area contributed by atoms with Gasteiger partial charge >= 0.3 is 5.63 Å². The van der Waals surface area contributed by atoms with Crippen molar-refractivity contribution in [3.63, 3.8) is 0 Å². The van der Waals surface area contributed by atoms with Gasteiger partial charge in [0.15, 0.2) is 11.5 Å². The number of amides is 1. The van der Waals surface area contributed by atoms with Crippen molar-refractivity contribution in [1.82, 2.24) is 5.32 Å². The Balaban J connectivity index is 2.35. The molecule has 1 N–H and O–H groups in total. The summed E-state index contributed by atoms with van der Waals surface area (Å²) >= 11 is 0. The lowest BCUT2D eigenvalue weighted by molar-refractivity contribution is -0.308. The van der Waals surface area contributed by atoms with E-state index in [0.717, 1.165) is 6.42 Å². The lowest BCUT2D eigenvalue weighted by Crippen LogP contribution is -2.48. The molecule has 0 radical (unpaired) electrons. The number of carbonyl (C=O) groups excluding carboxylic acids is 2. The second-order valence-corrected chi connectivity index (χ2v) is 6.45. The number of rotatable bonds is 9. The predicted octanol–water partition coefficient (Wildman–Crippen LogP) is 1.09. The molecule has 2 aromatic rings. The maximum atomic E-state index is 12.4. The monoisotopic (exact) mass is 390 g/mol. The zero-order chi connectivity index (χ0) is 20.8. The molecule has 1 aromatic heterocycles. The van der Waals surface area contributed by atoms with Crippen molar-refractivity contribution in [2.75, 3.05) is 14.2 Å². The number of carbonyl (C=O) groups is 2. The van der Waals surface area contributed by atoms with Crippen LogP contribution in [0.25, 0.3) is 11.0 Å². The van der Waals surface area contributed by atoms with Gasteiger partial charge in [0, 0.05) is 11.5 Å². The third-order valence-corrected chi connectivity index (χ3v) is 4.59. The number of unbranched alkanes of at least 4 members (excludes halogenated alkanes) is 1. The number of carboxylic acids is 1. The summed E-state index contributed by atoms with van der Waals surface area (Å²) in [6.07, 6.45) is 1.40. The van der Waals surface area contributed by atoms with Crippen molar-refractivity contribution in [3.05, 3.63) is 33.7 Å². The van der Waals surface area contributed by atoms with Gasteiger partial charge in [-0.1, -0.05) is 19.8 Å². The quantitative estimate of drug-likeness (QED) is 0.637. The second-order valence-electron chi connectivity index (χ2n) is 6.45. The van der Waals surface area contributed by atoms with E-state index in [1.807, 2.05) is 6.92 Å². The Morgan fingerprint density at radius 3 is 2.43 bits per heavy atom. The molecule has 1 atom stereocenters. The molecule has 0 unspecified atom stereocenters. The normalized spacial score (nSPS) is 11.9. The highest BCUT2D eigenvalue weighted by Crippen LogP contribution is 2.33. The standard InChI is InChI=1S/C20H25NO7/c1-5-6-7-14(19(23)24)21-18(22)9-13-11(2)12-8-16(26-3)17(27-4)10-15(12)28-20(13)25/h8,10,14H,5-7,9H2,1-4H3,(H,21,22)(H,23,24)/p-1/t14-/m0/s1. The van der Waals surface area contributed by atoms with Gasteiger partial charge in [0.1, 0.15) is 5.58 Å². The van der Waals surface area contributed by atoms with Crippen LogP contribution in [0.15, 0.2) is 21.3 Å². The van der Waals surface area contributed by atoms with Gasteiger partial charge in [-0.2, -0.15) is 0 Å². The minimum Gasteiger partial charge on any atom is -0.548 e. The lowest BCUT2D eigenvalue weighted by atomic mass is 10.0. The number of aliphatic carboxylic acids is 1. The van der Waals surface area contributed by atoms with E-state index in [9.17, 15) is 19.5 Å². The summed E-state index contributed by atoms with van der Waals surface area (Å²) in [6.45, 7) is 3.61. The van der Waals surface area contributed by atoms with E-state index >= 15 is 0 Å². The van der Waals surface area contributed by atoms with E-state index in [1.165, 1.54) is 14.2 Å². The molecule has 28 heavy (non-hydrogen) atoms. The van der Waals surface area contributed by atoms with Crippen LogP contribution in [0.3, 0.4) is 0 Å². The molecular weight excluding hydrogens is 366 g/mol. The Morgan fingerprint density at radius 1 is 1.21 bits per heavy atom. The van der Waals surface area contributed by atoms with Crippen molar-refractivity contribution in [3.8, 4) is 11.5 Å². The van der Waals surface area contributed by atoms with Gasteiger partial charge in [-0.3, -0.25) is 4.79 Å². The maximum absolute atomic E-state index is 12.4. The highest BCUT2D eigenvalue weighted by Gasteiger charge is 2.19. The van der Waals surface area contributed by atoms with Gasteiger partial charge in [-0.15, -0.1) is 0 Å². The molecule has 1 heterocycles. The fourth-order valence-corrected chi connectivity index (χ4v) is 2.98. The number of hydrogen-bond acceptors (Lipinski definition) is 7. The molecule has 8 nitrogen and oxygen atoms in total. The van der Waals surface area contributed by atoms with Gasteiger partial charge < -0.3 is 29.1 Å². The van der Waals surface area contributed by atoms with Gasteiger partial charge in [0.05, 0.1) is 38.2 Å². The largest absolute Gasteiger partial charge is 0.548 e. The SMILES string of the molecule is CCCC[C@H](NC(=O)Cc1c(C)c2cc(OC)c(OC)cc2oc1=O)C(=O)[O-]. The number of hydrogen-bond donors (Lipinski definition) is 1. The van der Waals surface area contributed by atoms with E-state index in [2.05, 4.69) is 5.32 Å². The first-order valence-electron chi connectivity index (χ1n) is 9.00. The number of carboxylic acid groups (broad SMARTS) is 1. The van der Waals surface area contributed by atoms with Crippen LogP contribution in [0, 0.1) is 6.92 Å². The Bertz CT molecular complexity index is 932. The highest BCUT2D eigenvalue weighted by atomic mass is 16.5. The first kappa shape index (κ1) is 21.3. The Hall–Kier alpha value is -3.03. The topological polar surface area (TPSA) is 118 Å². The molecule has 0 bridgehead atoms. The van der Waals surface area contributed by atoms with Crippen LogP contribution in [0.4, 0.5) is 0 Å². The molecule has 0 saturated carbocycles. The number of nitrogens with one attached hydrogen (secondary N) is 1. The zero-order valence-electron chi connectivity index (χ0n) is 16.4. The molecule has 1 amide bonds. The summed E-state index contributed by atoms with van der Waals surface area (Å²) in [7, 11) is 2.96. The van der Waals surface area contributed by atoms with E-state index in [4.69, 9.17) is 13.9 Å². The summed E-state index contributed by atoms with van der Waals surface area (Å²) in [6, 6.07) is 2.12. The smallest absolute Gasteiger partial charge is 0.340 e. The summed E-state index contributed by atoms with van der Waals surface area (Å²) in [4.78, 5) is 35.9. The fourth-order valence-electron chi connectivity index (χ4n) is 2.98. The first-order valence-corrected chi connectivity index (χ1v) is 9.00. The summed E-state index contributed by atoms with van der Waals surface area (Å²) in [5, 5.41) is 14.2. The molecule has 0 fully saturated rings. The zero-order valence-corrected chi connectivity index (χ0v) is 16.4. The molecule has 1 aromatic carbocycles. The van der Waals surface area contributed by atoms with Crippen LogP contribution in [-0.2, 0) is 16.0 Å². The van der Waals surface area contributed by atoms with Crippen molar-refractivity contribution >= 4 is 22.8 Å². The van der Waals surface area contributed by atoms with Crippen LogP contribution in [0.5, 0.6) is 11.5 Å². The average Bonchev–Trinajstić information content (AvgIpc) is 2.67. The molecule has 0 saturated heterocycles. The molecule has 0 spiro atoms. The number of benzene rings is 1. The number of fused-ring (bicyclic) bond motifs is 1. The minimum absolute atomic E-state index is 0.157. The number of methoxy groups -OCH3 is 2. The average molecular weight is 390 g/mol. The van der Waals surface area contributed by atoms with Crippen LogP contribution in [0.2, 0.25) is 0 Å². The summed E-state index contributed by atoms with van der Waals surface area (Å²) in [5.74, 6) is -1.06. The number of ether oxygens (including phenoxy) is 2. The lowest BCUT2D eigenvalue weighted by Gasteiger charge is -2.19. The van der Waals surface area contributed by atoms with Crippen molar-refractivity contribution in [2.24, 2.45) is 0 Å². The van der Waals surface area contributed by atoms with Crippen LogP contribution < -0.4 is 25.5 Å². The van der Waals surface area contributed by atoms with E-state index in [0.29, 0.717) is 34.5 Å². The van der Waals surface area contributed by atoms with Gasteiger partial charge in [-0.05, 0) is 25.0 Å². The third kappa shape index (κ3) is 4.62. The Labute approximate surface area is 162 Å². The third-order valence-electron chi connectivity index (χ3n) is 4.59. The van der Waals surface area contributed by atoms with Crippen molar-refractivity contribution < 1.29 is 28.6 Å². The Morgan fingerprint density at radius 2 is 1.86 bits per heavy atom. The fraction of sp³-hybridized carbons (Fsp3) is 0.450. The molecule has 8 heteroatoms. The van der Waals surface area contributed by atoms with Crippen molar-refractivity contribution in [1.29, 1.82) is 0 Å². The molecule has 0 aliphatic carbocycles. The highest BCUT2D eigenvalue weighted by molar-refractivity contribution is 5.88. The summed E-state index contributed by atoms with van der Waals surface area (Å²) in [5.41, 5.74) is 0.358. The van der Waals surface area contributed by atoms with Gasteiger partial charge in [0.2, 0.25) is 5.91 Å². The van der Waals surface area contributed by atoms with Crippen LogP contribution in [0.1, 0.15) is 37.3 Å². The molecular formula is C20H24NO7-. The van der Waals surface area contributed by atoms with Crippen LogP contribution >= 0.6 is 0 Å². The summed E-state index contributed by atoms with van der Waals surface area (Å²) < 4.78 is 15.8.